The van der Waals surface area contributed by atoms with Crippen molar-refractivity contribution in [1.29, 1.82) is 0 Å². The van der Waals surface area contributed by atoms with Gasteiger partial charge in [0.15, 0.2) is 11.3 Å². The molecule has 0 aliphatic rings. The summed E-state index contributed by atoms with van der Waals surface area (Å²) in [6, 6.07) is 0. The molecule has 0 spiro atoms. The Hall–Kier alpha value is -2.51. The van der Waals surface area contributed by atoms with Crippen molar-refractivity contribution in [2.24, 2.45) is 7.05 Å². The van der Waals surface area contributed by atoms with Crippen LogP contribution in [-0.4, -0.2) is 29.9 Å². The number of aromatic nitrogens is 6. The number of nitrogens with zero attached hydrogens (tertiary/aromatic N) is 5. The molecule has 3 heterocycles. The molecule has 104 valence electrons. The maximum absolute atomic E-state index is 12.2. The predicted octanol–water partition coefficient (Wildman–Crippen LogP) is 0.968. The molecule has 20 heavy (non-hydrogen) atoms. The van der Waals surface area contributed by atoms with Gasteiger partial charge in [0.1, 0.15) is 5.52 Å². The number of nitrogens with one attached hydrogen (secondary N) is 1. The highest BCUT2D eigenvalue weighted by atomic mass is 16.4. The quantitative estimate of drug-likeness (QED) is 0.763. The first-order valence-electron chi connectivity index (χ1n) is 6.36. The molecule has 0 fully saturated rings. The molecule has 8 heteroatoms. The van der Waals surface area contributed by atoms with Crippen LogP contribution in [0.2, 0.25) is 0 Å². The van der Waals surface area contributed by atoms with Gasteiger partial charge in [-0.2, -0.15) is 5.10 Å². The zero-order chi connectivity index (χ0) is 14.3. The van der Waals surface area contributed by atoms with E-state index in [1.54, 1.807) is 18.7 Å². The molecule has 0 radical (unpaired) electrons. The summed E-state index contributed by atoms with van der Waals surface area (Å²) in [5, 5.41) is 12.0. The van der Waals surface area contributed by atoms with Crippen LogP contribution in [0, 0.1) is 6.92 Å². The SMILES string of the molecule is CCCc1nn(C)c2c(=O)[nH]c(-c3nnc(C)o3)nc12. The number of H-pyrrole nitrogens is 1. The minimum Gasteiger partial charge on any atom is -0.419 e. The van der Waals surface area contributed by atoms with Crippen molar-refractivity contribution in [2.75, 3.05) is 0 Å². The summed E-state index contributed by atoms with van der Waals surface area (Å²) >= 11 is 0. The first-order chi connectivity index (χ1) is 9.60. The molecule has 0 amide bonds. The molecule has 0 aliphatic carbocycles. The van der Waals surface area contributed by atoms with E-state index in [9.17, 15) is 4.79 Å². The molecule has 3 aromatic rings. The van der Waals surface area contributed by atoms with E-state index >= 15 is 0 Å². The number of rotatable bonds is 3. The van der Waals surface area contributed by atoms with Gasteiger partial charge >= 0.3 is 0 Å². The zero-order valence-electron chi connectivity index (χ0n) is 11.5. The molecular formula is C12H14N6O2. The molecule has 0 saturated carbocycles. The van der Waals surface area contributed by atoms with E-state index < -0.39 is 0 Å². The monoisotopic (exact) mass is 274 g/mol. The molecule has 3 aromatic heterocycles. The Balaban J connectivity index is 2.27. The molecule has 0 bridgehead atoms. The summed E-state index contributed by atoms with van der Waals surface area (Å²) in [6.07, 6.45) is 1.69. The normalized spacial score (nSPS) is 11.3. The summed E-state index contributed by atoms with van der Waals surface area (Å²) < 4.78 is 6.85. The first-order valence-corrected chi connectivity index (χ1v) is 6.36. The fraction of sp³-hybridized carbons (Fsp3) is 0.417. The molecule has 1 N–H and O–H groups in total. The molecule has 3 rings (SSSR count). The van der Waals surface area contributed by atoms with Crippen LogP contribution in [0.5, 0.6) is 0 Å². The second-order valence-corrected chi connectivity index (χ2v) is 4.56. The van der Waals surface area contributed by atoms with Crippen LogP contribution < -0.4 is 5.56 Å². The van der Waals surface area contributed by atoms with Crippen LogP contribution in [0.1, 0.15) is 24.9 Å². The molecule has 0 unspecified atom stereocenters. The fourth-order valence-electron chi connectivity index (χ4n) is 2.15. The minimum absolute atomic E-state index is 0.202. The third-order valence-corrected chi connectivity index (χ3v) is 2.98. The highest BCUT2D eigenvalue weighted by Crippen LogP contribution is 2.18. The lowest BCUT2D eigenvalue weighted by Crippen LogP contribution is -2.12. The van der Waals surface area contributed by atoms with Gasteiger partial charge in [-0.1, -0.05) is 13.3 Å². The number of fused-ring (bicyclic) bond motifs is 1. The van der Waals surface area contributed by atoms with Gasteiger partial charge in [-0.15, -0.1) is 10.2 Å². The molecule has 8 nitrogen and oxygen atoms in total. The molecule has 0 atom stereocenters. The number of hydrogen-bond donors (Lipinski definition) is 1. The van der Waals surface area contributed by atoms with Gasteiger partial charge in [-0.25, -0.2) is 4.98 Å². The zero-order valence-corrected chi connectivity index (χ0v) is 11.5. The molecular weight excluding hydrogens is 260 g/mol. The van der Waals surface area contributed by atoms with E-state index in [1.165, 1.54) is 0 Å². The standard InChI is InChI=1S/C12H14N6O2/c1-4-5-7-8-9(18(3)17-7)11(19)14-10(13-8)12-16-15-6(2)20-12/h4-5H2,1-3H3,(H,13,14,19). The van der Waals surface area contributed by atoms with Gasteiger partial charge < -0.3 is 9.40 Å². The third-order valence-electron chi connectivity index (χ3n) is 2.98. The van der Waals surface area contributed by atoms with Crippen molar-refractivity contribution in [2.45, 2.75) is 26.7 Å². The van der Waals surface area contributed by atoms with Gasteiger partial charge in [0.05, 0.1) is 5.69 Å². The second kappa shape index (κ2) is 4.55. The lowest BCUT2D eigenvalue weighted by molar-refractivity contribution is 0.529. The van der Waals surface area contributed by atoms with Crippen LogP contribution in [0.4, 0.5) is 0 Å². The van der Waals surface area contributed by atoms with E-state index in [0.29, 0.717) is 16.9 Å². The summed E-state index contributed by atoms with van der Waals surface area (Å²) in [7, 11) is 1.73. The fourth-order valence-corrected chi connectivity index (χ4v) is 2.15. The average molecular weight is 274 g/mol. The predicted molar refractivity (Wildman–Crippen MR) is 71.2 cm³/mol. The Bertz CT molecular complexity index is 828. The van der Waals surface area contributed by atoms with Gasteiger partial charge in [0.25, 0.3) is 11.4 Å². The number of aromatic amines is 1. The number of hydrogen-bond acceptors (Lipinski definition) is 6. The largest absolute Gasteiger partial charge is 0.419 e. The van der Waals surface area contributed by atoms with Crippen molar-refractivity contribution < 1.29 is 4.42 Å². The lowest BCUT2D eigenvalue weighted by atomic mass is 10.2. The maximum atomic E-state index is 12.2. The minimum atomic E-state index is -0.266. The third kappa shape index (κ3) is 1.89. The molecule has 0 aliphatic heterocycles. The van der Waals surface area contributed by atoms with Crippen LogP contribution in [-0.2, 0) is 13.5 Å². The smallest absolute Gasteiger partial charge is 0.283 e. The van der Waals surface area contributed by atoms with Crippen molar-refractivity contribution >= 4 is 11.0 Å². The van der Waals surface area contributed by atoms with Crippen LogP contribution >= 0.6 is 0 Å². The van der Waals surface area contributed by atoms with Crippen LogP contribution in [0.25, 0.3) is 22.7 Å². The Morgan fingerprint density at radius 1 is 1.35 bits per heavy atom. The average Bonchev–Trinajstić information content (AvgIpc) is 2.95. The summed E-state index contributed by atoms with van der Waals surface area (Å²) in [5.74, 6) is 0.893. The summed E-state index contributed by atoms with van der Waals surface area (Å²) in [6.45, 7) is 3.73. The highest BCUT2D eigenvalue weighted by molar-refractivity contribution is 5.78. The number of aryl methyl sites for hydroxylation is 3. The first kappa shape index (κ1) is 12.5. The van der Waals surface area contributed by atoms with E-state index in [2.05, 4.69) is 32.2 Å². The Morgan fingerprint density at radius 2 is 2.15 bits per heavy atom. The lowest BCUT2D eigenvalue weighted by Gasteiger charge is -1.97. The van der Waals surface area contributed by atoms with Gasteiger partial charge in [0.2, 0.25) is 5.89 Å². The Labute approximate surface area is 113 Å². The van der Waals surface area contributed by atoms with E-state index in [0.717, 1.165) is 18.5 Å². The van der Waals surface area contributed by atoms with E-state index in [1.807, 2.05) is 0 Å². The van der Waals surface area contributed by atoms with Gasteiger partial charge in [-0.3, -0.25) is 9.48 Å². The molecule has 0 saturated heterocycles. The van der Waals surface area contributed by atoms with Crippen molar-refractivity contribution in [3.8, 4) is 11.7 Å². The van der Waals surface area contributed by atoms with Gasteiger partial charge in [0, 0.05) is 14.0 Å². The summed E-state index contributed by atoms with van der Waals surface area (Å²) in [4.78, 5) is 19.2. The topological polar surface area (TPSA) is 102 Å². The summed E-state index contributed by atoms with van der Waals surface area (Å²) in [5.41, 5.74) is 1.57. The van der Waals surface area contributed by atoms with Gasteiger partial charge in [-0.05, 0) is 6.42 Å². The van der Waals surface area contributed by atoms with Crippen molar-refractivity contribution in [1.82, 2.24) is 29.9 Å². The second-order valence-electron chi connectivity index (χ2n) is 4.56. The van der Waals surface area contributed by atoms with Crippen LogP contribution in [0.15, 0.2) is 9.21 Å². The maximum Gasteiger partial charge on any atom is 0.283 e. The highest BCUT2D eigenvalue weighted by Gasteiger charge is 2.17. The van der Waals surface area contributed by atoms with Crippen molar-refractivity contribution in [3.05, 3.63) is 21.9 Å². The van der Waals surface area contributed by atoms with E-state index in [-0.39, 0.29) is 17.3 Å². The Kier molecular flexibility index (Phi) is 2.85. The van der Waals surface area contributed by atoms with Crippen LogP contribution in [0.3, 0.4) is 0 Å². The van der Waals surface area contributed by atoms with Crippen molar-refractivity contribution in [3.63, 3.8) is 0 Å². The van der Waals surface area contributed by atoms with E-state index in [4.69, 9.17) is 4.42 Å². The Morgan fingerprint density at radius 3 is 2.80 bits per heavy atom. The molecule has 0 aromatic carbocycles.